The number of hydrogen-bond acceptors (Lipinski definition) is 3. The summed E-state index contributed by atoms with van der Waals surface area (Å²) in [5, 5.41) is 3.42. The van der Waals surface area contributed by atoms with Crippen molar-refractivity contribution in [2.45, 2.75) is 38.3 Å². The van der Waals surface area contributed by atoms with Gasteiger partial charge in [0, 0.05) is 19.0 Å². The minimum absolute atomic E-state index is 0.288. The van der Waals surface area contributed by atoms with Crippen molar-refractivity contribution in [3.63, 3.8) is 0 Å². The standard InChI is InChI=1S/C11H19NO2/c1-3-5-10(4-2)12-8-11-6-7-13-9-14-11/h1,10-12H,4-9H2,2H3. The second kappa shape index (κ2) is 6.83. The highest BCUT2D eigenvalue weighted by molar-refractivity contribution is 4.89. The predicted octanol–water partition coefficient (Wildman–Crippen LogP) is 1.14. The highest BCUT2D eigenvalue weighted by Gasteiger charge is 2.15. The van der Waals surface area contributed by atoms with Crippen LogP contribution in [0.25, 0.3) is 0 Å². The minimum Gasteiger partial charge on any atom is -0.355 e. The van der Waals surface area contributed by atoms with Crippen LogP contribution >= 0.6 is 0 Å². The first-order chi connectivity index (χ1) is 6.86. The Labute approximate surface area is 86.2 Å². The van der Waals surface area contributed by atoms with E-state index in [9.17, 15) is 0 Å². The number of ether oxygens (including phenoxy) is 2. The first kappa shape index (κ1) is 11.5. The molecular weight excluding hydrogens is 178 g/mol. The molecule has 0 aromatic heterocycles. The molecule has 0 radical (unpaired) electrons. The van der Waals surface area contributed by atoms with E-state index in [4.69, 9.17) is 15.9 Å². The van der Waals surface area contributed by atoms with Gasteiger partial charge >= 0.3 is 0 Å². The van der Waals surface area contributed by atoms with E-state index < -0.39 is 0 Å². The summed E-state index contributed by atoms with van der Waals surface area (Å²) < 4.78 is 10.5. The van der Waals surface area contributed by atoms with Crippen molar-refractivity contribution >= 4 is 0 Å². The fraction of sp³-hybridized carbons (Fsp3) is 0.818. The highest BCUT2D eigenvalue weighted by Crippen LogP contribution is 2.05. The Morgan fingerprint density at radius 3 is 3.07 bits per heavy atom. The lowest BCUT2D eigenvalue weighted by molar-refractivity contribution is -0.137. The molecule has 0 saturated carbocycles. The van der Waals surface area contributed by atoms with Gasteiger partial charge in [0.2, 0.25) is 0 Å². The van der Waals surface area contributed by atoms with Gasteiger partial charge in [0.1, 0.15) is 6.79 Å². The summed E-state index contributed by atoms with van der Waals surface area (Å²) >= 11 is 0. The summed E-state index contributed by atoms with van der Waals surface area (Å²) in [4.78, 5) is 0. The van der Waals surface area contributed by atoms with E-state index in [1.807, 2.05) is 0 Å². The summed E-state index contributed by atoms with van der Waals surface area (Å²) in [5.74, 6) is 2.68. The van der Waals surface area contributed by atoms with Crippen LogP contribution < -0.4 is 5.32 Å². The molecule has 1 fully saturated rings. The Bertz CT molecular complexity index is 182. The van der Waals surface area contributed by atoms with E-state index in [1.165, 1.54) is 0 Å². The lowest BCUT2D eigenvalue weighted by atomic mass is 10.1. The van der Waals surface area contributed by atoms with E-state index in [-0.39, 0.29) is 6.10 Å². The lowest BCUT2D eigenvalue weighted by Gasteiger charge is -2.25. The van der Waals surface area contributed by atoms with Crippen LogP contribution in [0.1, 0.15) is 26.2 Å². The van der Waals surface area contributed by atoms with Crippen LogP contribution in [0.5, 0.6) is 0 Å². The van der Waals surface area contributed by atoms with Crippen LogP contribution in [-0.4, -0.2) is 32.1 Å². The fourth-order valence-corrected chi connectivity index (χ4v) is 1.46. The molecule has 2 atom stereocenters. The quantitative estimate of drug-likeness (QED) is 0.670. The Hall–Kier alpha value is -0.560. The fourth-order valence-electron chi connectivity index (χ4n) is 1.46. The van der Waals surface area contributed by atoms with Crippen molar-refractivity contribution in [2.24, 2.45) is 0 Å². The summed E-state index contributed by atoms with van der Waals surface area (Å²) in [7, 11) is 0. The first-order valence-electron chi connectivity index (χ1n) is 5.23. The average molecular weight is 197 g/mol. The molecule has 1 aliphatic heterocycles. The third-order valence-electron chi connectivity index (χ3n) is 2.46. The maximum atomic E-state index is 5.41. The summed E-state index contributed by atoms with van der Waals surface area (Å²) in [6.45, 7) is 4.25. The summed E-state index contributed by atoms with van der Waals surface area (Å²) in [6.07, 6.45) is 8.39. The molecule has 3 nitrogen and oxygen atoms in total. The number of hydrogen-bond donors (Lipinski definition) is 1. The van der Waals surface area contributed by atoms with Gasteiger partial charge < -0.3 is 14.8 Å². The van der Waals surface area contributed by atoms with Crippen LogP contribution in [0, 0.1) is 12.3 Å². The normalized spacial score (nSPS) is 24.1. The first-order valence-corrected chi connectivity index (χ1v) is 5.23. The van der Waals surface area contributed by atoms with E-state index in [2.05, 4.69) is 18.2 Å². The molecule has 14 heavy (non-hydrogen) atoms. The lowest BCUT2D eigenvalue weighted by Crippen LogP contribution is -2.38. The number of rotatable bonds is 5. The monoisotopic (exact) mass is 197 g/mol. The van der Waals surface area contributed by atoms with Gasteiger partial charge in [-0.1, -0.05) is 6.92 Å². The highest BCUT2D eigenvalue weighted by atomic mass is 16.7. The molecule has 3 heteroatoms. The van der Waals surface area contributed by atoms with Gasteiger partial charge in [0.25, 0.3) is 0 Å². The molecule has 80 valence electrons. The molecule has 0 bridgehead atoms. The van der Waals surface area contributed by atoms with Crippen molar-refractivity contribution in [2.75, 3.05) is 19.9 Å². The van der Waals surface area contributed by atoms with Gasteiger partial charge in [0.05, 0.1) is 12.7 Å². The molecule has 1 rings (SSSR count). The van der Waals surface area contributed by atoms with E-state index in [1.54, 1.807) is 0 Å². The Balaban J connectivity index is 2.14. The summed E-state index contributed by atoms with van der Waals surface area (Å²) in [6, 6.07) is 0.423. The van der Waals surface area contributed by atoms with E-state index in [0.717, 1.165) is 32.4 Å². The molecule has 0 aromatic carbocycles. The molecule has 1 saturated heterocycles. The molecule has 2 unspecified atom stereocenters. The average Bonchev–Trinajstić information content (AvgIpc) is 2.25. The largest absolute Gasteiger partial charge is 0.355 e. The third kappa shape index (κ3) is 4.10. The molecule has 1 N–H and O–H groups in total. The Kier molecular flexibility index (Phi) is 5.62. The van der Waals surface area contributed by atoms with Gasteiger partial charge in [-0.25, -0.2) is 0 Å². The summed E-state index contributed by atoms with van der Waals surface area (Å²) in [5.41, 5.74) is 0. The predicted molar refractivity (Wildman–Crippen MR) is 55.8 cm³/mol. The smallest absolute Gasteiger partial charge is 0.147 e. The zero-order valence-corrected chi connectivity index (χ0v) is 8.79. The number of nitrogens with one attached hydrogen (secondary N) is 1. The zero-order chi connectivity index (χ0) is 10.2. The molecular formula is C11H19NO2. The molecule has 0 amide bonds. The van der Waals surface area contributed by atoms with Crippen molar-refractivity contribution in [3.8, 4) is 12.3 Å². The second-order valence-corrected chi connectivity index (χ2v) is 3.53. The van der Waals surface area contributed by atoms with Crippen LogP contribution in [-0.2, 0) is 9.47 Å². The molecule has 1 heterocycles. The van der Waals surface area contributed by atoms with Crippen molar-refractivity contribution in [3.05, 3.63) is 0 Å². The maximum absolute atomic E-state index is 5.41. The second-order valence-electron chi connectivity index (χ2n) is 3.53. The van der Waals surface area contributed by atoms with E-state index in [0.29, 0.717) is 12.8 Å². The molecule has 0 spiro atoms. The van der Waals surface area contributed by atoms with Gasteiger partial charge in [-0.3, -0.25) is 0 Å². The van der Waals surface area contributed by atoms with Gasteiger partial charge in [0.15, 0.2) is 0 Å². The Morgan fingerprint density at radius 2 is 2.50 bits per heavy atom. The molecule has 1 aliphatic rings. The van der Waals surface area contributed by atoms with Crippen LogP contribution in [0.3, 0.4) is 0 Å². The topological polar surface area (TPSA) is 30.5 Å². The number of terminal acetylenes is 1. The Morgan fingerprint density at radius 1 is 1.64 bits per heavy atom. The van der Waals surface area contributed by atoms with Crippen molar-refractivity contribution in [1.82, 2.24) is 5.32 Å². The van der Waals surface area contributed by atoms with E-state index >= 15 is 0 Å². The maximum Gasteiger partial charge on any atom is 0.147 e. The van der Waals surface area contributed by atoms with Gasteiger partial charge in [-0.15, -0.1) is 12.3 Å². The van der Waals surface area contributed by atoms with Crippen molar-refractivity contribution < 1.29 is 9.47 Å². The minimum atomic E-state index is 0.288. The SMILES string of the molecule is C#CCC(CC)NCC1CCOCO1. The molecule has 0 aliphatic carbocycles. The van der Waals surface area contributed by atoms with Gasteiger partial charge in [-0.2, -0.15) is 0 Å². The third-order valence-corrected chi connectivity index (χ3v) is 2.46. The van der Waals surface area contributed by atoms with Crippen LogP contribution in [0.2, 0.25) is 0 Å². The van der Waals surface area contributed by atoms with Crippen molar-refractivity contribution in [1.29, 1.82) is 0 Å². The van der Waals surface area contributed by atoms with Crippen LogP contribution in [0.4, 0.5) is 0 Å². The zero-order valence-electron chi connectivity index (χ0n) is 8.79. The molecule has 0 aromatic rings. The van der Waals surface area contributed by atoms with Crippen LogP contribution in [0.15, 0.2) is 0 Å². The van der Waals surface area contributed by atoms with Gasteiger partial charge in [-0.05, 0) is 12.8 Å².